The minimum atomic E-state index is -0.468. The van der Waals surface area contributed by atoms with Crippen LogP contribution in [-0.2, 0) is 0 Å². The first-order chi connectivity index (χ1) is 14.0. The number of carbonyl (C=O) groups is 1. The number of furan rings is 1. The van der Waals surface area contributed by atoms with Crippen LogP contribution in [0.4, 0.5) is 5.69 Å². The number of nitrogens with one attached hydrogen (secondary N) is 1. The Morgan fingerprint density at radius 2 is 1.72 bits per heavy atom. The number of carbonyl (C=O) groups excluding carboxylic acids is 1. The van der Waals surface area contributed by atoms with E-state index in [0.717, 1.165) is 0 Å². The predicted molar refractivity (Wildman–Crippen MR) is 105 cm³/mol. The van der Waals surface area contributed by atoms with Gasteiger partial charge in [-0.05, 0) is 36.4 Å². The number of methoxy groups -OCH3 is 2. The van der Waals surface area contributed by atoms with Gasteiger partial charge in [0, 0.05) is 29.3 Å². The monoisotopic (exact) mass is 395 g/mol. The number of nitro groups is 1. The van der Waals surface area contributed by atoms with Gasteiger partial charge in [0.05, 0.1) is 25.4 Å². The van der Waals surface area contributed by atoms with E-state index in [1.165, 1.54) is 32.6 Å². The standard InChI is InChI=1S/C20H17N3O6/c1-27-17-9-14(10-18(11-17)28-2)20(24)22-21-12-16-7-8-19(29-16)13-3-5-15(6-4-13)23(25)26/h3-12H,1-2H3,(H,22,24)/b21-12+. The highest BCUT2D eigenvalue weighted by Crippen LogP contribution is 2.24. The van der Waals surface area contributed by atoms with Gasteiger partial charge in [-0.25, -0.2) is 5.43 Å². The Balaban J connectivity index is 1.67. The number of nitrogens with zero attached hydrogens (tertiary/aromatic N) is 2. The zero-order valence-electron chi connectivity index (χ0n) is 15.6. The van der Waals surface area contributed by atoms with E-state index in [-0.39, 0.29) is 5.69 Å². The van der Waals surface area contributed by atoms with E-state index >= 15 is 0 Å². The van der Waals surface area contributed by atoms with Crippen LogP contribution < -0.4 is 14.9 Å². The Morgan fingerprint density at radius 1 is 1.07 bits per heavy atom. The van der Waals surface area contributed by atoms with Gasteiger partial charge in [-0.3, -0.25) is 14.9 Å². The number of amides is 1. The first kappa shape index (κ1) is 19.6. The first-order valence-corrected chi connectivity index (χ1v) is 8.41. The van der Waals surface area contributed by atoms with Crippen LogP contribution in [0.2, 0.25) is 0 Å². The van der Waals surface area contributed by atoms with Gasteiger partial charge in [0.15, 0.2) is 0 Å². The number of hydrogen-bond donors (Lipinski definition) is 1. The molecule has 0 bridgehead atoms. The minimum absolute atomic E-state index is 0.000947. The number of ether oxygens (including phenoxy) is 2. The molecule has 29 heavy (non-hydrogen) atoms. The molecule has 0 atom stereocenters. The van der Waals surface area contributed by atoms with Crippen LogP contribution in [0.5, 0.6) is 11.5 Å². The van der Waals surface area contributed by atoms with Crippen LogP contribution >= 0.6 is 0 Å². The van der Waals surface area contributed by atoms with Gasteiger partial charge in [-0.1, -0.05) is 0 Å². The number of rotatable bonds is 7. The summed E-state index contributed by atoms with van der Waals surface area (Å²) < 4.78 is 15.9. The number of nitro benzene ring substituents is 1. The van der Waals surface area contributed by atoms with Crippen molar-refractivity contribution < 1.29 is 23.6 Å². The highest BCUT2D eigenvalue weighted by molar-refractivity contribution is 5.95. The van der Waals surface area contributed by atoms with E-state index < -0.39 is 10.8 Å². The summed E-state index contributed by atoms with van der Waals surface area (Å²) in [5, 5.41) is 14.6. The van der Waals surface area contributed by atoms with Crippen LogP contribution in [0.25, 0.3) is 11.3 Å². The van der Waals surface area contributed by atoms with Gasteiger partial charge < -0.3 is 13.9 Å². The fraction of sp³-hybridized carbons (Fsp3) is 0.100. The van der Waals surface area contributed by atoms with E-state index in [1.807, 2.05) is 0 Å². The highest BCUT2D eigenvalue weighted by atomic mass is 16.6. The average molecular weight is 395 g/mol. The van der Waals surface area contributed by atoms with Crippen molar-refractivity contribution in [2.24, 2.45) is 5.10 Å². The van der Waals surface area contributed by atoms with E-state index in [2.05, 4.69) is 10.5 Å². The maximum Gasteiger partial charge on any atom is 0.271 e. The lowest BCUT2D eigenvalue weighted by atomic mass is 10.1. The Hall–Kier alpha value is -4.14. The molecule has 1 aromatic heterocycles. The molecule has 0 aliphatic carbocycles. The smallest absolute Gasteiger partial charge is 0.271 e. The summed E-state index contributed by atoms with van der Waals surface area (Å²) in [6, 6.07) is 14.1. The molecule has 9 nitrogen and oxygen atoms in total. The average Bonchev–Trinajstić information content (AvgIpc) is 3.22. The van der Waals surface area contributed by atoms with Crippen molar-refractivity contribution >= 4 is 17.8 Å². The van der Waals surface area contributed by atoms with Crippen molar-refractivity contribution in [1.82, 2.24) is 5.43 Å². The van der Waals surface area contributed by atoms with Crippen LogP contribution in [-0.4, -0.2) is 31.3 Å². The maximum absolute atomic E-state index is 12.3. The van der Waals surface area contributed by atoms with Crippen LogP contribution in [0.1, 0.15) is 16.1 Å². The quantitative estimate of drug-likeness (QED) is 0.371. The van der Waals surface area contributed by atoms with Crippen LogP contribution in [0, 0.1) is 10.1 Å². The van der Waals surface area contributed by atoms with E-state index in [4.69, 9.17) is 13.9 Å². The second-order valence-corrected chi connectivity index (χ2v) is 5.81. The largest absolute Gasteiger partial charge is 0.497 e. The molecule has 0 fully saturated rings. The van der Waals surface area contributed by atoms with Gasteiger partial charge in [0.2, 0.25) is 0 Å². The number of benzene rings is 2. The highest BCUT2D eigenvalue weighted by Gasteiger charge is 2.10. The summed E-state index contributed by atoms with van der Waals surface area (Å²) in [6.45, 7) is 0. The molecule has 0 unspecified atom stereocenters. The molecule has 0 spiro atoms. The third-order valence-corrected chi connectivity index (χ3v) is 3.96. The van der Waals surface area contributed by atoms with Crippen molar-refractivity contribution in [3.05, 3.63) is 76.0 Å². The molecular weight excluding hydrogens is 378 g/mol. The summed E-state index contributed by atoms with van der Waals surface area (Å²) in [7, 11) is 2.99. The molecule has 3 rings (SSSR count). The SMILES string of the molecule is COc1cc(OC)cc(C(=O)N/N=C/c2ccc(-c3ccc([N+](=O)[O-])cc3)o2)c1. The summed E-state index contributed by atoms with van der Waals surface area (Å²) in [5.74, 6) is 1.45. The second kappa shape index (κ2) is 8.70. The third-order valence-electron chi connectivity index (χ3n) is 3.96. The molecule has 0 radical (unpaired) electrons. The molecule has 3 aromatic rings. The first-order valence-electron chi connectivity index (χ1n) is 8.41. The molecule has 0 saturated heterocycles. The Kier molecular flexibility index (Phi) is 5.88. The second-order valence-electron chi connectivity index (χ2n) is 5.81. The summed E-state index contributed by atoms with van der Waals surface area (Å²) in [5.41, 5.74) is 3.41. The zero-order valence-corrected chi connectivity index (χ0v) is 15.6. The molecule has 0 aliphatic rings. The molecule has 2 aromatic carbocycles. The fourth-order valence-corrected chi connectivity index (χ4v) is 2.48. The molecule has 0 saturated carbocycles. The number of non-ortho nitro benzene ring substituents is 1. The van der Waals surface area contributed by atoms with E-state index in [1.54, 1.807) is 42.5 Å². The van der Waals surface area contributed by atoms with E-state index in [9.17, 15) is 14.9 Å². The Morgan fingerprint density at radius 3 is 2.31 bits per heavy atom. The fourth-order valence-electron chi connectivity index (χ4n) is 2.48. The molecule has 1 amide bonds. The van der Waals surface area contributed by atoms with Crippen molar-refractivity contribution in [1.29, 1.82) is 0 Å². The van der Waals surface area contributed by atoms with Gasteiger partial charge in [0.25, 0.3) is 11.6 Å². The Bertz CT molecular complexity index is 1030. The predicted octanol–water partition coefficient (Wildman–Crippen LogP) is 3.64. The van der Waals surface area contributed by atoms with Crippen molar-refractivity contribution in [2.45, 2.75) is 0 Å². The molecular formula is C20H17N3O6. The third kappa shape index (κ3) is 4.78. The molecule has 1 N–H and O–H groups in total. The lowest BCUT2D eigenvalue weighted by Gasteiger charge is -2.07. The Labute approximate surface area is 165 Å². The molecule has 9 heteroatoms. The molecule has 1 heterocycles. The van der Waals surface area contributed by atoms with Gasteiger partial charge in [0.1, 0.15) is 23.0 Å². The van der Waals surface area contributed by atoms with E-state index in [0.29, 0.717) is 34.1 Å². The van der Waals surface area contributed by atoms with Crippen molar-refractivity contribution in [3.63, 3.8) is 0 Å². The minimum Gasteiger partial charge on any atom is -0.497 e. The van der Waals surface area contributed by atoms with Crippen molar-refractivity contribution in [2.75, 3.05) is 14.2 Å². The summed E-state index contributed by atoms with van der Waals surface area (Å²) in [4.78, 5) is 22.5. The normalized spacial score (nSPS) is 10.7. The maximum atomic E-state index is 12.3. The van der Waals surface area contributed by atoms with Gasteiger partial charge in [-0.2, -0.15) is 5.10 Å². The lowest BCUT2D eigenvalue weighted by molar-refractivity contribution is -0.384. The van der Waals surface area contributed by atoms with Crippen LogP contribution in [0.3, 0.4) is 0 Å². The number of hydrazone groups is 1. The van der Waals surface area contributed by atoms with Crippen molar-refractivity contribution in [3.8, 4) is 22.8 Å². The molecule has 148 valence electrons. The lowest BCUT2D eigenvalue weighted by Crippen LogP contribution is -2.17. The van der Waals surface area contributed by atoms with Gasteiger partial charge in [-0.15, -0.1) is 0 Å². The topological polar surface area (TPSA) is 116 Å². The summed E-state index contributed by atoms with van der Waals surface area (Å²) in [6.07, 6.45) is 1.35. The number of hydrogen-bond acceptors (Lipinski definition) is 7. The van der Waals surface area contributed by atoms with Crippen LogP contribution in [0.15, 0.2) is 64.1 Å². The van der Waals surface area contributed by atoms with Gasteiger partial charge >= 0.3 is 0 Å². The molecule has 0 aliphatic heterocycles. The summed E-state index contributed by atoms with van der Waals surface area (Å²) >= 11 is 0. The zero-order chi connectivity index (χ0) is 20.8.